The van der Waals surface area contributed by atoms with Crippen LogP contribution in [0.1, 0.15) is 12.5 Å². The molecule has 0 spiro atoms. The molecule has 1 aromatic heterocycles. The van der Waals surface area contributed by atoms with Gasteiger partial charge in [-0.05, 0) is 37.1 Å². The number of nitrogens with two attached hydrogens (primary N) is 1. The first-order valence-electron chi connectivity index (χ1n) is 5.73. The lowest BCUT2D eigenvalue weighted by Gasteiger charge is -2.12. The number of halogens is 1. The van der Waals surface area contributed by atoms with E-state index in [2.05, 4.69) is 5.10 Å². The zero-order valence-electron chi connectivity index (χ0n) is 10.4. The number of benzene rings is 1. The molecule has 0 fully saturated rings. The molecule has 1 atom stereocenters. The highest BCUT2D eigenvalue weighted by Gasteiger charge is 2.09. The zero-order valence-corrected chi connectivity index (χ0v) is 11.2. The van der Waals surface area contributed by atoms with Crippen molar-refractivity contribution in [2.24, 2.45) is 5.73 Å². The van der Waals surface area contributed by atoms with Crippen molar-refractivity contribution in [3.05, 3.63) is 41.2 Å². The Kier molecular flexibility index (Phi) is 3.89. The van der Waals surface area contributed by atoms with E-state index in [4.69, 9.17) is 22.1 Å². The first-order valence-corrected chi connectivity index (χ1v) is 6.11. The van der Waals surface area contributed by atoms with E-state index in [1.165, 1.54) is 0 Å². The van der Waals surface area contributed by atoms with Gasteiger partial charge in [-0.2, -0.15) is 5.10 Å². The molecule has 0 saturated carbocycles. The minimum atomic E-state index is 0.0691. The molecule has 0 saturated heterocycles. The summed E-state index contributed by atoms with van der Waals surface area (Å²) in [7, 11) is 1.62. The maximum atomic E-state index is 6.03. The highest BCUT2D eigenvalue weighted by atomic mass is 35.5. The third kappa shape index (κ3) is 2.83. The fourth-order valence-electron chi connectivity index (χ4n) is 1.83. The number of hydrogen-bond donors (Lipinski definition) is 1. The molecule has 0 aliphatic carbocycles. The van der Waals surface area contributed by atoms with Gasteiger partial charge in [0.25, 0.3) is 0 Å². The van der Waals surface area contributed by atoms with Gasteiger partial charge in [0.15, 0.2) is 5.75 Å². The van der Waals surface area contributed by atoms with E-state index in [0.29, 0.717) is 5.02 Å². The van der Waals surface area contributed by atoms with Crippen molar-refractivity contribution in [1.29, 1.82) is 0 Å². The number of aromatic nitrogens is 2. The van der Waals surface area contributed by atoms with Gasteiger partial charge in [-0.1, -0.05) is 11.6 Å². The fourth-order valence-corrected chi connectivity index (χ4v) is 2.03. The van der Waals surface area contributed by atoms with Crippen molar-refractivity contribution in [1.82, 2.24) is 9.78 Å². The van der Waals surface area contributed by atoms with Crippen LogP contribution in [0.5, 0.6) is 5.75 Å². The summed E-state index contributed by atoms with van der Waals surface area (Å²) in [4.78, 5) is 0. The summed E-state index contributed by atoms with van der Waals surface area (Å²) in [6.07, 6.45) is 4.25. The first-order chi connectivity index (χ1) is 8.60. The van der Waals surface area contributed by atoms with Gasteiger partial charge >= 0.3 is 0 Å². The Morgan fingerprint density at radius 1 is 1.50 bits per heavy atom. The molecular formula is C13H16ClN3O. The Hall–Kier alpha value is -1.52. The van der Waals surface area contributed by atoms with Crippen molar-refractivity contribution < 1.29 is 4.74 Å². The Morgan fingerprint density at radius 2 is 2.28 bits per heavy atom. The van der Waals surface area contributed by atoms with Crippen LogP contribution in [0.25, 0.3) is 5.69 Å². The van der Waals surface area contributed by atoms with E-state index in [0.717, 1.165) is 23.4 Å². The van der Waals surface area contributed by atoms with E-state index >= 15 is 0 Å². The van der Waals surface area contributed by atoms with Gasteiger partial charge < -0.3 is 10.5 Å². The van der Waals surface area contributed by atoms with Crippen molar-refractivity contribution in [3.63, 3.8) is 0 Å². The molecule has 96 valence electrons. The SMILES string of the molecule is COc1cnn(-c2ccc(Cl)cc2CC(C)N)c1. The number of ether oxygens (including phenoxy) is 1. The molecule has 4 nitrogen and oxygen atoms in total. The van der Waals surface area contributed by atoms with Crippen LogP contribution in [0.15, 0.2) is 30.6 Å². The summed E-state index contributed by atoms with van der Waals surface area (Å²) in [5.41, 5.74) is 7.90. The summed E-state index contributed by atoms with van der Waals surface area (Å²) in [6.45, 7) is 1.97. The van der Waals surface area contributed by atoms with Crippen molar-refractivity contribution in [2.75, 3.05) is 7.11 Å². The van der Waals surface area contributed by atoms with E-state index < -0.39 is 0 Å². The van der Waals surface area contributed by atoms with Crippen molar-refractivity contribution >= 4 is 11.6 Å². The Morgan fingerprint density at radius 3 is 2.89 bits per heavy atom. The van der Waals surface area contributed by atoms with Crippen LogP contribution < -0.4 is 10.5 Å². The molecule has 0 aliphatic rings. The van der Waals surface area contributed by atoms with Crippen LogP contribution in [0.3, 0.4) is 0 Å². The molecule has 2 N–H and O–H groups in total. The van der Waals surface area contributed by atoms with Crippen molar-refractivity contribution in [2.45, 2.75) is 19.4 Å². The molecule has 0 aliphatic heterocycles. The maximum Gasteiger partial charge on any atom is 0.157 e. The topological polar surface area (TPSA) is 53.1 Å². The van der Waals surface area contributed by atoms with Crippen LogP contribution in [0.4, 0.5) is 0 Å². The molecule has 2 aromatic rings. The third-order valence-corrected chi connectivity index (χ3v) is 2.86. The second-order valence-corrected chi connectivity index (χ2v) is 4.72. The van der Waals surface area contributed by atoms with Gasteiger partial charge in [0.2, 0.25) is 0 Å². The molecule has 1 unspecified atom stereocenters. The lowest BCUT2D eigenvalue weighted by molar-refractivity contribution is 0.414. The van der Waals surface area contributed by atoms with E-state index in [9.17, 15) is 0 Å². The van der Waals surface area contributed by atoms with E-state index in [1.54, 1.807) is 18.0 Å². The van der Waals surface area contributed by atoms with Crippen LogP contribution >= 0.6 is 11.6 Å². The van der Waals surface area contributed by atoms with Gasteiger partial charge in [0.05, 0.1) is 25.2 Å². The molecule has 0 bridgehead atoms. The predicted octanol–water partition coefficient (Wildman–Crippen LogP) is 2.42. The molecule has 1 heterocycles. The molecule has 0 amide bonds. The van der Waals surface area contributed by atoms with Crippen LogP contribution in [0.2, 0.25) is 5.02 Å². The molecule has 0 radical (unpaired) electrons. The molecule has 1 aromatic carbocycles. The monoisotopic (exact) mass is 265 g/mol. The van der Waals surface area contributed by atoms with Gasteiger partial charge in [-0.15, -0.1) is 0 Å². The lowest BCUT2D eigenvalue weighted by atomic mass is 10.1. The van der Waals surface area contributed by atoms with Crippen LogP contribution in [-0.4, -0.2) is 22.9 Å². The smallest absolute Gasteiger partial charge is 0.157 e. The predicted molar refractivity (Wildman–Crippen MR) is 72.5 cm³/mol. The Labute approximate surface area is 111 Å². The number of methoxy groups -OCH3 is 1. The Balaban J connectivity index is 2.42. The first kappa shape index (κ1) is 12.9. The number of nitrogens with zero attached hydrogens (tertiary/aromatic N) is 2. The molecule has 2 rings (SSSR count). The van der Waals surface area contributed by atoms with Crippen LogP contribution in [0, 0.1) is 0 Å². The lowest BCUT2D eigenvalue weighted by Crippen LogP contribution is -2.19. The summed E-state index contributed by atoms with van der Waals surface area (Å²) >= 11 is 6.03. The maximum absolute atomic E-state index is 6.03. The Bertz CT molecular complexity index is 537. The van der Waals surface area contributed by atoms with E-state index in [1.807, 2.05) is 31.3 Å². The average molecular weight is 266 g/mol. The normalized spacial score (nSPS) is 12.4. The molecular weight excluding hydrogens is 250 g/mol. The third-order valence-electron chi connectivity index (χ3n) is 2.62. The highest BCUT2D eigenvalue weighted by Crippen LogP contribution is 2.22. The highest BCUT2D eigenvalue weighted by molar-refractivity contribution is 6.30. The van der Waals surface area contributed by atoms with Gasteiger partial charge in [-0.25, -0.2) is 4.68 Å². The average Bonchev–Trinajstić information content (AvgIpc) is 2.77. The standard InChI is InChI=1S/C13H16ClN3O/c1-9(15)5-10-6-11(14)3-4-13(10)17-8-12(18-2)7-16-17/h3-4,6-9H,5,15H2,1-2H3. The largest absolute Gasteiger partial charge is 0.493 e. The fraction of sp³-hybridized carbons (Fsp3) is 0.308. The quantitative estimate of drug-likeness (QED) is 0.924. The van der Waals surface area contributed by atoms with E-state index in [-0.39, 0.29) is 6.04 Å². The van der Waals surface area contributed by atoms with Crippen LogP contribution in [-0.2, 0) is 6.42 Å². The van der Waals surface area contributed by atoms with Crippen molar-refractivity contribution in [3.8, 4) is 11.4 Å². The van der Waals surface area contributed by atoms with Gasteiger partial charge in [0, 0.05) is 11.1 Å². The molecule has 5 heteroatoms. The number of hydrogen-bond acceptors (Lipinski definition) is 3. The summed E-state index contributed by atoms with van der Waals surface area (Å²) in [6, 6.07) is 5.77. The zero-order chi connectivity index (χ0) is 13.1. The number of rotatable bonds is 4. The second kappa shape index (κ2) is 5.42. The van der Waals surface area contributed by atoms with Gasteiger partial charge in [-0.3, -0.25) is 0 Å². The second-order valence-electron chi connectivity index (χ2n) is 4.28. The minimum absolute atomic E-state index is 0.0691. The summed E-state index contributed by atoms with van der Waals surface area (Å²) in [5.74, 6) is 0.719. The summed E-state index contributed by atoms with van der Waals surface area (Å²) < 4.78 is 6.90. The van der Waals surface area contributed by atoms with Gasteiger partial charge in [0.1, 0.15) is 0 Å². The molecule has 18 heavy (non-hydrogen) atoms. The minimum Gasteiger partial charge on any atom is -0.493 e. The summed E-state index contributed by atoms with van der Waals surface area (Å²) in [5, 5.41) is 4.96.